The zero-order chi connectivity index (χ0) is 15.8. The van der Waals surface area contributed by atoms with Gasteiger partial charge >= 0.3 is 0 Å². The summed E-state index contributed by atoms with van der Waals surface area (Å²) in [6.07, 6.45) is 5.55. The van der Waals surface area contributed by atoms with Crippen molar-refractivity contribution < 1.29 is 0 Å². The summed E-state index contributed by atoms with van der Waals surface area (Å²) in [7, 11) is 1.79. The Kier molecular flexibility index (Phi) is 6.13. The van der Waals surface area contributed by atoms with Crippen LogP contribution in [-0.4, -0.2) is 23.4 Å². The van der Waals surface area contributed by atoms with Gasteiger partial charge in [0.1, 0.15) is 0 Å². The smallest absolute Gasteiger partial charge is 0.193 e. The van der Waals surface area contributed by atoms with Crippen LogP contribution in [0.15, 0.2) is 65.8 Å². The van der Waals surface area contributed by atoms with Crippen molar-refractivity contribution in [2.75, 3.05) is 12.4 Å². The molecule has 112 valence electrons. The van der Waals surface area contributed by atoms with Gasteiger partial charge in [-0.05, 0) is 48.1 Å². The maximum Gasteiger partial charge on any atom is 0.193 e. The molecule has 2 aromatic rings. The molecule has 0 fully saturated rings. The average Bonchev–Trinajstić information content (AvgIpc) is 2.54. The highest BCUT2D eigenvalue weighted by molar-refractivity contribution is 7.80. The predicted molar refractivity (Wildman–Crippen MR) is 99.4 cm³/mol. The van der Waals surface area contributed by atoms with Gasteiger partial charge in [0, 0.05) is 24.0 Å². The van der Waals surface area contributed by atoms with Crippen molar-refractivity contribution in [3.8, 4) is 0 Å². The van der Waals surface area contributed by atoms with Crippen LogP contribution in [0.3, 0.4) is 0 Å². The number of rotatable bonds is 4. The zero-order valence-electron chi connectivity index (χ0n) is 12.1. The van der Waals surface area contributed by atoms with Crippen LogP contribution in [0.4, 0.5) is 5.69 Å². The Morgan fingerprint density at radius 1 is 1.14 bits per heavy atom. The molecule has 0 unspecified atom stereocenters. The monoisotopic (exact) mass is 329 g/mol. The molecule has 2 rings (SSSR count). The fourth-order valence-corrected chi connectivity index (χ4v) is 1.94. The summed E-state index contributed by atoms with van der Waals surface area (Å²) in [6.45, 7) is 0. The number of hydrogen-bond donors (Lipinski definition) is 1. The van der Waals surface area contributed by atoms with E-state index < -0.39 is 0 Å². The van der Waals surface area contributed by atoms with Gasteiger partial charge in [-0.3, -0.25) is 0 Å². The van der Waals surface area contributed by atoms with E-state index in [4.69, 9.17) is 23.8 Å². The number of allylic oxidation sites excluding steroid dienone is 1. The molecule has 2 aromatic carbocycles. The molecule has 5 heteroatoms. The molecule has 0 aliphatic heterocycles. The number of benzene rings is 2. The van der Waals surface area contributed by atoms with Gasteiger partial charge < -0.3 is 5.32 Å². The number of nitrogens with one attached hydrogen (secondary N) is 1. The molecule has 1 N–H and O–H groups in total. The molecule has 0 saturated heterocycles. The van der Waals surface area contributed by atoms with E-state index in [1.807, 2.05) is 54.6 Å². The molecule has 0 amide bonds. The third-order valence-electron chi connectivity index (χ3n) is 2.80. The second-order valence-electron chi connectivity index (χ2n) is 4.49. The SMILES string of the molecule is CN(/N=C/C=C/c1ccccc1)C(=S)Nc1ccc(Cl)cc1. The Balaban J connectivity index is 1.87. The first-order valence-corrected chi connectivity index (χ1v) is 7.50. The van der Waals surface area contributed by atoms with Crippen LogP contribution >= 0.6 is 23.8 Å². The van der Waals surface area contributed by atoms with Crippen LogP contribution in [0.2, 0.25) is 5.02 Å². The largest absolute Gasteiger partial charge is 0.331 e. The van der Waals surface area contributed by atoms with Crippen molar-refractivity contribution in [2.45, 2.75) is 0 Å². The Morgan fingerprint density at radius 3 is 2.50 bits per heavy atom. The fourth-order valence-electron chi connectivity index (χ4n) is 1.65. The Morgan fingerprint density at radius 2 is 1.82 bits per heavy atom. The van der Waals surface area contributed by atoms with Crippen molar-refractivity contribution in [2.24, 2.45) is 5.10 Å². The molecule has 22 heavy (non-hydrogen) atoms. The van der Waals surface area contributed by atoms with E-state index in [0.717, 1.165) is 11.3 Å². The molecule has 0 aromatic heterocycles. The maximum atomic E-state index is 5.84. The Bertz CT molecular complexity index is 666. The maximum absolute atomic E-state index is 5.84. The van der Waals surface area contributed by atoms with Gasteiger partial charge in [-0.25, -0.2) is 5.01 Å². The van der Waals surface area contributed by atoms with E-state index in [2.05, 4.69) is 10.4 Å². The van der Waals surface area contributed by atoms with Gasteiger partial charge in [0.05, 0.1) is 0 Å². The Hall–Kier alpha value is -2.17. The van der Waals surface area contributed by atoms with Crippen LogP contribution in [-0.2, 0) is 0 Å². The highest BCUT2D eigenvalue weighted by atomic mass is 35.5. The summed E-state index contributed by atoms with van der Waals surface area (Å²) in [5, 5.41) is 10.1. The normalized spacial score (nSPS) is 11.0. The van der Waals surface area contributed by atoms with E-state index >= 15 is 0 Å². The third kappa shape index (κ3) is 5.31. The lowest BCUT2D eigenvalue weighted by molar-refractivity contribution is 0.557. The van der Waals surface area contributed by atoms with E-state index in [1.165, 1.54) is 0 Å². The molecule has 3 nitrogen and oxygen atoms in total. The molecule has 0 aliphatic rings. The average molecular weight is 330 g/mol. The van der Waals surface area contributed by atoms with Crippen molar-refractivity contribution in [1.82, 2.24) is 5.01 Å². The van der Waals surface area contributed by atoms with Gasteiger partial charge in [-0.2, -0.15) is 5.10 Å². The standard InChI is InChI=1S/C17H16ClN3S/c1-21(17(22)20-16-11-9-15(18)10-12-16)19-13-5-8-14-6-3-2-4-7-14/h2-13H,1H3,(H,20,22)/b8-5+,19-13+. The number of hydrazone groups is 1. The van der Waals surface area contributed by atoms with Crippen molar-refractivity contribution in [1.29, 1.82) is 0 Å². The van der Waals surface area contributed by atoms with E-state index in [9.17, 15) is 0 Å². The lowest BCUT2D eigenvalue weighted by Crippen LogP contribution is -2.26. The predicted octanol–water partition coefficient (Wildman–Crippen LogP) is 4.67. The van der Waals surface area contributed by atoms with Crippen LogP contribution in [0.5, 0.6) is 0 Å². The molecule has 0 bridgehead atoms. The minimum absolute atomic E-state index is 0.506. The summed E-state index contributed by atoms with van der Waals surface area (Å²) >= 11 is 11.1. The molecular formula is C17H16ClN3S. The fraction of sp³-hybridized carbons (Fsp3) is 0.0588. The zero-order valence-corrected chi connectivity index (χ0v) is 13.7. The summed E-state index contributed by atoms with van der Waals surface area (Å²) in [6, 6.07) is 17.4. The number of hydrogen-bond acceptors (Lipinski definition) is 2. The number of halogens is 1. The van der Waals surface area contributed by atoms with E-state index in [1.54, 1.807) is 30.4 Å². The first-order chi connectivity index (χ1) is 10.6. The molecule has 0 spiro atoms. The van der Waals surface area contributed by atoms with E-state index in [-0.39, 0.29) is 0 Å². The van der Waals surface area contributed by atoms with Gasteiger partial charge in [0.2, 0.25) is 0 Å². The van der Waals surface area contributed by atoms with Crippen molar-refractivity contribution in [3.05, 3.63) is 71.3 Å². The number of thiocarbonyl (C=S) groups is 1. The highest BCUT2D eigenvalue weighted by Gasteiger charge is 2.01. The minimum Gasteiger partial charge on any atom is -0.331 e. The number of anilines is 1. The summed E-state index contributed by atoms with van der Waals surface area (Å²) in [4.78, 5) is 0. The third-order valence-corrected chi connectivity index (χ3v) is 3.42. The van der Waals surface area contributed by atoms with Gasteiger partial charge in [-0.1, -0.05) is 48.0 Å². The van der Waals surface area contributed by atoms with Gasteiger partial charge in [0.15, 0.2) is 5.11 Å². The quantitative estimate of drug-likeness (QED) is 0.502. The number of nitrogens with zero attached hydrogens (tertiary/aromatic N) is 2. The molecule has 0 aliphatic carbocycles. The highest BCUT2D eigenvalue weighted by Crippen LogP contribution is 2.13. The van der Waals surface area contributed by atoms with Gasteiger partial charge in [0.25, 0.3) is 0 Å². The summed E-state index contributed by atoms with van der Waals surface area (Å²) < 4.78 is 0. The minimum atomic E-state index is 0.506. The second kappa shape index (κ2) is 8.32. The topological polar surface area (TPSA) is 27.6 Å². The van der Waals surface area contributed by atoms with Crippen LogP contribution in [0, 0.1) is 0 Å². The lowest BCUT2D eigenvalue weighted by Gasteiger charge is -2.15. The molecule has 0 saturated carbocycles. The molecule has 0 atom stereocenters. The van der Waals surface area contributed by atoms with Crippen molar-refractivity contribution in [3.63, 3.8) is 0 Å². The van der Waals surface area contributed by atoms with Crippen molar-refractivity contribution >= 4 is 46.9 Å². The van der Waals surface area contributed by atoms with Crippen LogP contribution in [0.25, 0.3) is 6.08 Å². The van der Waals surface area contributed by atoms with Gasteiger partial charge in [-0.15, -0.1) is 0 Å². The first-order valence-electron chi connectivity index (χ1n) is 6.71. The van der Waals surface area contributed by atoms with Crippen LogP contribution in [0.1, 0.15) is 5.56 Å². The first kappa shape index (κ1) is 16.2. The molecule has 0 heterocycles. The molecular weight excluding hydrogens is 314 g/mol. The molecule has 0 radical (unpaired) electrons. The Labute approximate surface area is 140 Å². The summed E-state index contributed by atoms with van der Waals surface area (Å²) in [5.41, 5.74) is 2.00. The summed E-state index contributed by atoms with van der Waals surface area (Å²) in [5.74, 6) is 0. The second-order valence-corrected chi connectivity index (χ2v) is 5.32. The van der Waals surface area contributed by atoms with E-state index in [0.29, 0.717) is 10.1 Å². The lowest BCUT2D eigenvalue weighted by atomic mass is 10.2. The van der Waals surface area contributed by atoms with Crippen LogP contribution < -0.4 is 5.32 Å².